The first kappa shape index (κ1) is 27.8. The molecule has 1 fully saturated rings. The molecule has 40 heavy (non-hydrogen) atoms. The number of rotatable bonds is 9. The summed E-state index contributed by atoms with van der Waals surface area (Å²) in [4.78, 5) is 59.5. The fourth-order valence-corrected chi connectivity index (χ4v) is 4.52. The van der Waals surface area contributed by atoms with Gasteiger partial charge in [0, 0.05) is 11.8 Å². The molecule has 0 bridgehead atoms. The second-order valence-corrected chi connectivity index (χ2v) is 9.36. The minimum absolute atomic E-state index is 0.0672. The number of nitro benzene ring substituents is 2. The lowest BCUT2D eigenvalue weighted by Gasteiger charge is -2.13. The number of thioether (sulfide) groups is 1. The molecule has 4 rings (SSSR count). The van der Waals surface area contributed by atoms with Crippen LogP contribution in [0.5, 0.6) is 17.2 Å². The Morgan fingerprint density at radius 2 is 1.75 bits per heavy atom. The number of methoxy groups -OCH3 is 1. The molecule has 204 valence electrons. The van der Waals surface area contributed by atoms with Crippen LogP contribution in [0.2, 0.25) is 0 Å². The number of hydrogen-bond donors (Lipinski definition) is 1. The first-order valence-corrected chi connectivity index (χ1v) is 12.3. The van der Waals surface area contributed by atoms with Gasteiger partial charge in [-0.15, -0.1) is 0 Å². The zero-order valence-corrected chi connectivity index (χ0v) is 21.8. The average Bonchev–Trinajstić information content (AvgIpc) is 3.16. The molecule has 3 aromatic carbocycles. The number of nitro groups is 2. The Kier molecular flexibility index (Phi) is 8.09. The van der Waals surface area contributed by atoms with Crippen LogP contribution in [0, 0.1) is 27.2 Å². The first-order valence-electron chi connectivity index (χ1n) is 11.5. The van der Waals surface area contributed by atoms with E-state index in [1.54, 1.807) is 18.2 Å². The topological polar surface area (TPSA) is 171 Å². The van der Waals surface area contributed by atoms with Gasteiger partial charge in [-0.2, -0.15) is 0 Å². The van der Waals surface area contributed by atoms with Gasteiger partial charge in [-0.3, -0.25) is 39.5 Å². The molecule has 1 saturated heterocycles. The zero-order chi connectivity index (χ0) is 29.0. The fourth-order valence-electron chi connectivity index (χ4n) is 3.68. The molecule has 1 heterocycles. The highest BCUT2D eigenvalue weighted by Crippen LogP contribution is 2.39. The summed E-state index contributed by atoms with van der Waals surface area (Å²) in [5.41, 5.74) is 0.839. The second-order valence-electron chi connectivity index (χ2n) is 8.36. The molecule has 14 heteroatoms. The molecular formula is C26H20N4O9S. The maximum atomic E-state index is 12.9. The van der Waals surface area contributed by atoms with Crippen molar-refractivity contribution in [1.82, 2.24) is 4.90 Å². The highest BCUT2D eigenvalue weighted by molar-refractivity contribution is 8.18. The number of anilines is 1. The van der Waals surface area contributed by atoms with Crippen LogP contribution < -0.4 is 14.8 Å². The molecule has 3 amide bonds. The largest absolute Gasteiger partial charge is 0.493 e. The van der Waals surface area contributed by atoms with Crippen molar-refractivity contribution in [2.24, 2.45) is 0 Å². The third kappa shape index (κ3) is 6.24. The van der Waals surface area contributed by atoms with Crippen LogP contribution in [0.25, 0.3) is 6.08 Å². The summed E-state index contributed by atoms with van der Waals surface area (Å²) in [7, 11) is 1.33. The van der Waals surface area contributed by atoms with Crippen molar-refractivity contribution in [1.29, 1.82) is 0 Å². The molecule has 0 saturated carbocycles. The van der Waals surface area contributed by atoms with E-state index in [-0.39, 0.29) is 22.2 Å². The molecule has 0 unspecified atom stereocenters. The summed E-state index contributed by atoms with van der Waals surface area (Å²) in [6, 6.07) is 14.5. The number of ether oxygens (including phenoxy) is 2. The van der Waals surface area contributed by atoms with E-state index in [1.165, 1.54) is 31.4 Å². The normalized spacial score (nSPS) is 13.8. The van der Waals surface area contributed by atoms with Crippen LogP contribution >= 0.6 is 11.8 Å². The van der Waals surface area contributed by atoms with Gasteiger partial charge in [0.2, 0.25) is 11.7 Å². The zero-order valence-electron chi connectivity index (χ0n) is 21.0. The van der Waals surface area contributed by atoms with Crippen LogP contribution in [-0.2, 0) is 9.59 Å². The first-order chi connectivity index (χ1) is 19.0. The van der Waals surface area contributed by atoms with Crippen molar-refractivity contribution in [3.63, 3.8) is 0 Å². The highest BCUT2D eigenvalue weighted by Gasteiger charge is 2.36. The van der Waals surface area contributed by atoms with E-state index in [1.807, 2.05) is 13.0 Å². The lowest BCUT2D eigenvalue weighted by atomic mass is 10.1. The third-order valence-electron chi connectivity index (χ3n) is 5.53. The number of imide groups is 1. The number of carbonyl (C=O) groups is 3. The summed E-state index contributed by atoms with van der Waals surface area (Å²) in [5, 5.41) is 24.4. The smallest absolute Gasteiger partial charge is 0.318 e. The van der Waals surface area contributed by atoms with E-state index in [9.17, 15) is 34.6 Å². The number of nitrogens with zero attached hydrogens (tertiary/aromatic N) is 3. The van der Waals surface area contributed by atoms with Gasteiger partial charge in [-0.05, 0) is 66.2 Å². The van der Waals surface area contributed by atoms with Crippen molar-refractivity contribution in [3.8, 4) is 17.2 Å². The SMILES string of the molecule is COc1cc(/C=C2/SC(=O)N(CC(=O)Nc3cccc(C)c3)C2=O)ccc1Oc1ccc([N+](=O)[O-])cc1[N+](=O)[O-]. The molecule has 3 aromatic rings. The van der Waals surface area contributed by atoms with Crippen molar-refractivity contribution in [2.45, 2.75) is 6.92 Å². The van der Waals surface area contributed by atoms with E-state index >= 15 is 0 Å². The Bertz CT molecular complexity index is 1590. The van der Waals surface area contributed by atoms with E-state index in [0.717, 1.165) is 28.7 Å². The van der Waals surface area contributed by atoms with Gasteiger partial charge < -0.3 is 14.8 Å². The summed E-state index contributed by atoms with van der Waals surface area (Å²) in [5.74, 6) is -1.21. The minimum Gasteiger partial charge on any atom is -0.493 e. The lowest BCUT2D eigenvalue weighted by molar-refractivity contribution is -0.394. The molecule has 0 radical (unpaired) electrons. The third-order valence-corrected chi connectivity index (χ3v) is 6.44. The van der Waals surface area contributed by atoms with Gasteiger partial charge in [-0.1, -0.05) is 18.2 Å². The summed E-state index contributed by atoms with van der Waals surface area (Å²) in [6.07, 6.45) is 1.43. The van der Waals surface area contributed by atoms with Crippen LogP contribution in [0.15, 0.2) is 65.6 Å². The predicted molar refractivity (Wildman–Crippen MR) is 145 cm³/mol. The summed E-state index contributed by atoms with van der Waals surface area (Å²) >= 11 is 0.673. The molecule has 0 spiro atoms. The van der Waals surface area contributed by atoms with Crippen molar-refractivity contribution >= 4 is 52.0 Å². The van der Waals surface area contributed by atoms with E-state index in [0.29, 0.717) is 23.0 Å². The van der Waals surface area contributed by atoms with Crippen LogP contribution in [0.3, 0.4) is 0 Å². The highest BCUT2D eigenvalue weighted by atomic mass is 32.2. The molecule has 0 aliphatic carbocycles. The monoisotopic (exact) mass is 564 g/mol. The number of aryl methyl sites for hydroxylation is 1. The Hall–Kier alpha value is -5.24. The molecule has 1 aliphatic heterocycles. The molecule has 13 nitrogen and oxygen atoms in total. The van der Waals surface area contributed by atoms with Crippen molar-refractivity contribution < 1.29 is 33.7 Å². The minimum atomic E-state index is -0.805. The quantitative estimate of drug-likeness (QED) is 0.205. The number of hydrogen-bond acceptors (Lipinski definition) is 10. The van der Waals surface area contributed by atoms with E-state index < -0.39 is 44.8 Å². The number of nitrogens with one attached hydrogen (secondary N) is 1. The standard InChI is InChI=1S/C26H20N4O9S/c1-15-4-3-5-17(10-15)27-24(31)14-28-25(32)23(40-26(28)33)12-16-6-8-21(22(11-16)38-2)39-20-9-7-18(29(34)35)13-19(20)30(36)37/h3-13H,14H2,1-2H3,(H,27,31)/b23-12+. The number of amides is 3. The maximum absolute atomic E-state index is 12.9. The Balaban J connectivity index is 1.51. The van der Waals surface area contributed by atoms with E-state index in [4.69, 9.17) is 9.47 Å². The molecule has 0 atom stereocenters. The van der Waals surface area contributed by atoms with Crippen molar-refractivity contribution in [3.05, 3.63) is 96.9 Å². The van der Waals surface area contributed by atoms with Gasteiger partial charge in [0.1, 0.15) is 6.54 Å². The van der Waals surface area contributed by atoms with Crippen LogP contribution in [0.4, 0.5) is 21.9 Å². The lowest BCUT2D eigenvalue weighted by Crippen LogP contribution is -2.36. The van der Waals surface area contributed by atoms with E-state index in [2.05, 4.69) is 5.32 Å². The predicted octanol–water partition coefficient (Wildman–Crippen LogP) is 5.29. The maximum Gasteiger partial charge on any atom is 0.318 e. The van der Waals surface area contributed by atoms with Crippen molar-refractivity contribution in [2.75, 3.05) is 19.0 Å². The van der Waals surface area contributed by atoms with Gasteiger partial charge in [0.25, 0.3) is 16.8 Å². The molecule has 1 aliphatic rings. The number of carbonyl (C=O) groups excluding carboxylic acids is 3. The molecule has 1 N–H and O–H groups in total. The Labute approximate surface area is 230 Å². The Morgan fingerprint density at radius 3 is 2.42 bits per heavy atom. The Morgan fingerprint density at radius 1 is 1.00 bits per heavy atom. The van der Waals surface area contributed by atoms with Gasteiger partial charge >= 0.3 is 5.69 Å². The molecule has 0 aromatic heterocycles. The fraction of sp³-hybridized carbons (Fsp3) is 0.115. The van der Waals surface area contributed by atoms with Gasteiger partial charge in [0.05, 0.1) is 27.9 Å². The number of non-ortho nitro benzene ring substituents is 1. The van der Waals surface area contributed by atoms with Gasteiger partial charge in [-0.25, -0.2) is 0 Å². The molecular weight excluding hydrogens is 544 g/mol. The second kappa shape index (κ2) is 11.7. The summed E-state index contributed by atoms with van der Waals surface area (Å²) in [6.45, 7) is 1.41. The van der Waals surface area contributed by atoms with Crippen LogP contribution in [-0.4, -0.2) is 45.5 Å². The average molecular weight is 565 g/mol. The number of benzene rings is 3. The van der Waals surface area contributed by atoms with Gasteiger partial charge in [0.15, 0.2) is 11.5 Å². The van der Waals surface area contributed by atoms with Crippen LogP contribution in [0.1, 0.15) is 11.1 Å². The summed E-state index contributed by atoms with van der Waals surface area (Å²) < 4.78 is 10.9.